The lowest BCUT2D eigenvalue weighted by Gasteiger charge is -2.37. The Labute approximate surface area is 130 Å². The van der Waals surface area contributed by atoms with Gasteiger partial charge < -0.3 is 12.7 Å². The molecule has 0 aliphatic carbocycles. The number of unbranched alkanes of at least 4 members (excludes halogenated alkanes) is 4. The maximum absolute atomic E-state index is 6.30. The molecule has 0 fully saturated rings. The van der Waals surface area contributed by atoms with Crippen LogP contribution in [0.2, 0.25) is 45.8 Å². The molecule has 0 heterocycles. The second-order valence-corrected chi connectivity index (χ2v) is 19.6. The van der Waals surface area contributed by atoms with Crippen molar-refractivity contribution in [2.75, 3.05) is 6.61 Å². The highest BCUT2D eigenvalue weighted by Gasteiger charge is 2.42. The fourth-order valence-corrected chi connectivity index (χ4v) is 12.6. The molecule has 0 rings (SSSR count). The number of hydrogen-bond acceptors (Lipinski definition) is 3. The van der Waals surface area contributed by atoms with Crippen molar-refractivity contribution < 1.29 is 12.7 Å². The van der Waals surface area contributed by atoms with Gasteiger partial charge >= 0.3 is 8.80 Å². The Bertz CT molecular complexity index is 243. The minimum Gasteiger partial charge on any atom is -0.417 e. The van der Waals surface area contributed by atoms with Crippen LogP contribution >= 0.6 is 0 Å². The summed E-state index contributed by atoms with van der Waals surface area (Å²) in [6.07, 6.45) is 6.28. The Hall–Kier alpha value is 0.531. The zero-order chi connectivity index (χ0) is 15.9. The Balaban J connectivity index is 4.32. The van der Waals surface area contributed by atoms with Crippen molar-refractivity contribution in [1.29, 1.82) is 0 Å². The third-order valence-electron chi connectivity index (χ3n) is 2.60. The molecule has 0 unspecified atom stereocenters. The van der Waals surface area contributed by atoms with Crippen LogP contribution in [0.25, 0.3) is 0 Å². The smallest absolute Gasteiger partial charge is 0.417 e. The van der Waals surface area contributed by atoms with Gasteiger partial charge in [-0.05, 0) is 45.7 Å². The Kier molecular flexibility index (Phi) is 9.08. The van der Waals surface area contributed by atoms with Crippen LogP contribution in [0.15, 0.2) is 0 Å². The molecule has 0 aliphatic rings. The van der Waals surface area contributed by atoms with Gasteiger partial charge in [0.15, 0.2) is 16.6 Å². The first-order valence-corrected chi connectivity index (χ1v) is 17.1. The Morgan fingerprint density at radius 1 is 0.650 bits per heavy atom. The van der Waals surface area contributed by atoms with E-state index in [0.29, 0.717) is 0 Å². The molecule has 20 heavy (non-hydrogen) atoms. The highest BCUT2D eigenvalue weighted by atomic mass is 28.5. The molecule has 0 aromatic heterocycles. The normalized spacial score (nSPS) is 13.8. The molecule has 0 radical (unpaired) electrons. The molecule has 0 amide bonds. The van der Waals surface area contributed by atoms with Gasteiger partial charge in [0.1, 0.15) is 0 Å². The molecule has 3 nitrogen and oxygen atoms in total. The first-order valence-electron chi connectivity index (χ1n) is 8.02. The second kappa shape index (κ2) is 8.85. The van der Waals surface area contributed by atoms with Crippen molar-refractivity contribution >= 4 is 25.4 Å². The molecule has 122 valence electrons. The van der Waals surface area contributed by atoms with Crippen molar-refractivity contribution in [2.45, 2.75) is 84.9 Å². The molecule has 0 spiro atoms. The third kappa shape index (κ3) is 12.3. The summed E-state index contributed by atoms with van der Waals surface area (Å²) in [6.45, 7) is 18.3. The van der Waals surface area contributed by atoms with Gasteiger partial charge in [0, 0.05) is 13.2 Å². The molecule has 0 N–H and O–H groups in total. The van der Waals surface area contributed by atoms with Gasteiger partial charge in [0.25, 0.3) is 0 Å². The van der Waals surface area contributed by atoms with Crippen LogP contribution in [0.5, 0.6) is 0 Å². The van der Waals surface area contributed by atoms with E-state index in [1.807, 2.05) is 0 Å². The minimum absolute atomic E-state index is 0.779. The van der Waals surface area contributed by atoms with Crippen molar-refractivity contribution in [2.24, 2.45) is 0 Å². The Morgan fingerprint density at radius 2 is 1.10 bits per heavy atom. The minimum atomic E-state index is -2.47. The summed E-state index contributed by atoms with van der Waals surface area (Å²) in [7, 11) is -5.74. The van der Waals surface area contributed by atoms with Crippen molar-refractivity contribution in [3.8, 4) is 0 Å². The van der Waals surface area contributed by atoms with E-state index in [1.54, 1.807) is 0 Å². The van der Waals surface area contributed by atoms with Gasteiger partial charge in [-0.2, -0.15) is 0 Å². The fourth-order valence-electron chi connectivity index (χ4n) is 2.16. The SMILES string of the molecule is CCCCCCCO[Si](C)(O[Si](C)(C)C)O[Si](C)(C)C. The van der Waals surface area contributed by atoms with Gasteiger partial charge in [-0.15, -0.1) is 0 Å². The number of rotatable bonds is 11. The molecule has 0 bridgehead atoms. The maximum atomic E-state index is 6.30. The molecule has 0 aliphatic heterocycles. The van der Waals surface area contributed by atoms with Crippen molar-refractivity contribution in [1.82, 2.24) is 0 Å². The Morgan fingerprint density at radius 3 is 1.50 bits per heavy atom. The first-order chi connectivity index (χ1) is 8.97. The summed E-state index contributed by atoms with van der Waals surface area (Å²) < 4.78 is 18.7. The van der Waals surface area contributed by atoms with E-state index in [-0.39, 0.29) is 0 Å². The summed E-state index contributed by atoms with van der Waals surface area (Å²) in [6, 6.07) is 0. The third-order valence-corrected chi connectivity index (χ3v) is 11.2. The molecule has 0 saturated heterocycles. The van der Waals surface area contributed by atoms with Crippen LogP contribution in [-0.2, 0) is 12.7 Å². The van der Waals surface area contributed by atoms with Crippen LogP contribution in [0, 0.1) is 0 Å². The average molecular weight is 337 g/mol. The zero-order valence-corrected chi connectivity index (χ0v) is 18.0. The van der Waals surface area contributed by atoms with Crippen LogP contribution < -0.4 is 0 Å². The van der Waals surface area contributed by atoms with E-state index in [9.17, 15) is 0 Å². The molecular formula is C14H36O3Si3. The highest BCUT2D eigenvalue weighted by Crippen LogP contribution is 2.22. The number of hydrogen-bond donors (Lipinski definition) is 0. The van der Waals surface area contributed by atoms with Gasteiger partial charge in [-0.3, -0.25) is 0 Å². The van der Waals surface area contributed by atoms with E-state index >= 15 is 0 Å². The van der Waals surface area contributed by atoms with E-state index in [0.717, 1.165) is 13.0 Å². The molecule has 0 atom stereocenters. The summed E-state index contributed by atoms with van der Waals surface area (Å²) >= 11 is 0. The fraction of sp³-hybridized carbons (Fsp3) is 1.00. The predicted octanol–water partition coefficient (Wildman–Crippen LogP) is 5.25. The molecular weight excluding hydrogens is 300 g/mol. The van der Waals surface area contributed by atoms with E-state index in [4.69, 9.17) is 12.7 Å². The second-order valence-electron chi connectivity index (χ2n) is 7.55. The van der Waals surface area contributed by atoms with Crippen molar-refractivity contribution in [3.05, 3.63) is 0 Å². The van der Waals surface area contributed by atoms with Crippen LogP contribution in [0.3, 0.4) is 0 Å². The van der Waals surface area contributed by atoms with Crippen LogP contribution in [0.4, 0.5) is 0 Å². The highest BCUT2D eigenvalue weighted by molar-refractivity contribution is 6.85. The maximum Gasteiger partial charge on any atom is 0.476 e. The van der Waals surface area contributed by atoms with Gasteiger partial charge in [-0.25, -0.2) is 0 Å². The monoisotopic (exact) mass is 336 g/mol. The largest absolute Gasteiger partial charge is 0.476 e. The average Bonchev–Trinajstić information content (AvgIpc) is 2.17. The topological polar surface area (TPSA) is 27.7 Å². The van der Waals surface area contributed by atoms with E-state index in [2.05, 4.69) is 52.8 Å². The summed E-state index contributed by atoms with van der Waals surface area (Å²) in [4.78, 5) is 0. The standard InChI is InChI=1S/C14H36O3Si3/c1-9-10-11-12-13-14-15-20(8,16-18(2,3)4)17-19(5,6)7/h9-14H2,1-8H3. The lowest BCUT2D eigenvalue weighted by atomic mass is 10.2. The summed E-state index contributed by atoms with van der Waals surface area (Å²) in [5, 5.41) is 0. The molecule has 0 saturated carbocycles. The predicted molar refractivity (Wildman–Crippen MR) is 95.2 cm³/mol. The zero-order valence-electron chi connectivity index (χ0n) is 15.0. The van der Waals surface area contributed by atoms with Gasteiger partial charge in [-0.1, -0.05) is 32.6 Å². The first kappa shape index (κ1) is 20.5. The van der Waals surface area contributed by atoms with Crippen molar-refractivity contribution in [3.63, 3.8) is 0 Å². The van der Waals surface area contributed by atoms with Gasteiger partial charge in [0.05, 0.1) is 0 Å². The van der Waals surface area contributed by atoms with Crippen LogP contribution in [-0.4, -0.2) is 32.0 Å². The summed E-state index contributed by atoms with van der Waals surface area (Å²) in [5.74, 6) is 0. The van der Waals surface area contributed by atoms with Crippen LogP contribution in [0.1, 0.15) is 39.0 Å². The van der Waals surface area contributed by atoms with E-state index < -0.39 is 25.4 Å². The van der Waals surface area contributed by atoms with Gasteiger partial charge in [0.2, 0.25) is 0 Å². The molecule has 0 aromatic carbocycles. The lowest BCUT2D eigenvalue weighted by molar-refractivity contribution is 0.164. The molecule has 0 aromatic rings. The lowest BCUT2D eigenvalue weighted by Crippen LogP contribution is -2.54. The summed E-state index contributed by atoms with van der Waals surface area (Å²) in [5.41, 5.74) is 0. The molecule has 6 heteroatoms. The van der Waals surface area contributed by atoms with E-state index in [1.165, 1.54) is 25.7 Å². The quantitative estimate of drug-likeness (QED) is 0.381.